The molecule has 1 unspecified atom stereocenters. The van der Waals surface area contributed by atoms with Gasteiger partial charge >= 0.3 is 0 Å². The molecule has 2 saturated heterocycles. The number of carbonyl (C=O) groups excluding carboxylic acids is 3. The molecule has 2 aliphatic heterocycles. The van der Waals surface area contributed by atoms with Gasteiger partial charge in [-0.25, -0.2) is 18.4 Å². The van der Waals surface area contributed by atoms with Gasteiger partial charge in [0.2, 0.25) is 23.7 Å². The molecule has 4 heterocycles. The number of nitrogens with one attached hydrogen (secondary N) is 4. The van der Waals surface area contributed by atoms with Gasteiger partial charge in [-0.05, 0) is 131 Å². The van der Waals surface area contributed by atoms with Gasteiger partial charge in [0.15, 0.2) is 15.7 Å². The number of para-hydroxylation sites is 1. The summed E-state index contributed by atoms with van der Waals surface area (Å²) in [6.45, 7) is 18.7. The fourth-order valence-corrected chi connectivity index (χ4v) is 12.3. The number of ether oxygens (including phenoxy) is 1. The van der Waals surface area contributed by atoms with Crippen LogP contribution in [-0.2, 0) is 30.8 Å². The maximum absolute atomic E-state index is 13.6. The molecule has 2 aromatic heterocycles. The van der Waals surface area contributed by atoms with Gasteiger partial charge in [-0.3, -0.25) is 19.3 Å². The van der Waals surface area contributed by atoms with Crippen molar-refractivity contribution in [2.75, 3.05) is 30.3 Å². The summed E-state index contributed by atoms with van der Waals surface area (Å²) in [6.07, 6.45) is 4.69. The van der Waals surface area contributed by atoms with Gasteiger partial charge in [0.1, 0.15) is 17.0 Å². The highest BCUT2D eigenvalue weighted by molar-refractivity contribution is 7.92. The monoisotopic (exact) mass is 1130 g/mol. The minimum absolute atomic E-state index is 0.0993. The molecule has 7 rings (SSSR count). The average Bonchev–Trinajstić information content (AvgIpc) is 4.02. The number of aromatic nitrogens is 3. The Morgan fingerprint density at radius 3 is 2.26 bits per heavy atom. The highest BCUT2D eigenvalue weighted by atomic mass is 35.5. The van der Waals surface area contributed by atoms with E-state index in [1.165, 1.54) is 6.20 Å². The van der Waals surface area contributed by atoms with Crippen molar-refractivity contribution in [3.63, 3.8) is 0 Å². The third-order valence-electron chi connectivity index (χ3n) is 14.6. The van der Waals surface area contributed by atoms with Crippen molar-refractivity contribution in [1.29, 1.82) is 0 Å². The average molecular weight is 1130 g/mol. The molecule has 5 aromatic rings. The summed E-state index contributed by atoms with van der Waals surface area (Å²) >= 11 is 8.11. The van der Waals surface area contributed by atoms with Crippen molar-refractivity contribution >= 4 is 73.6 Å². The summed E-state index contributed by atoms with van der Waals surface area (Å²) < 4.78 is 32.6. The number of carbonyl (C=O) groups is 3. The summed E-state index contributed by atoms with van der Waals surface area (Å²) in [5, 5.41) is 34.5. The fraction of sp³-hybridized carbons (Fsp3) is 0.517. The lowest BCUT2D eigenvalue weighted by atomic mass is 9.84. The van der Waals surface area contributed by atoms with Crippen LogP contribution in [0.1, 0.15) is 135 Å². The van der Waals surface area contributed by atoms with Gasteiger partial charge < -0.3 is 41.1 Å². The zero-order chi connectivity index (χ0) is 56.5. The van der Waals surface area contributed by atoms with E-state index < -0.39 is 44.9 Å². The lowest BCUT2D eigenvalue weighted by molar-refractivity contribution is -0.135. The van der Waals surface area contributed by atoms with Crippen molar-refractivity contribution in [1.82, 2.24) is 35.4 Å². The number of anilines is 4. The Hall–Kier alpha value is -5.70. The van der Waals surface area contributed by atoms with E-state index >= 15 is 0 Å². The third-order valence-corrected chi connectivity index (χ3v) is 18.0. The van der Waals surface area contributed by atoms with Crippen molar-refractivity contribution in [2.24, 2.45) is 5.41 Å². The molecule has 17 nitrogen and oxygen atoms in total. The van der Waals surface area contributed by atoms with Crippen LogP contribution in [0, 0.1) is 19.3 Å². The third kappa shape index (κ3) is 15.4. The minimum atomic E-state index is -3.60. The number of hydrogen-bond donors (Lipinski definition) is 6. The fourth-order valence-electron chi connectivity index (χ4n) is 10.2. The number of nitrogens with zero attached hydrogens (tertiary/aromatic N) is 5. The van der Waals surface area contributed by atoms with Crippen LogP contribution in [0.2, 0.25) is 5.02 Å². The lowest BCUT2D eigenvalue weighted by Gasteiger charge is -2.40. The first-order chi connectivity index (χ1) is 37.0. The van der Waals surface area contributed by atoms with Gasteiger partial charge in [-0.15, -0.1) is 11.3 Å². The summed E-state index contributed by atoms with van der Waals surface area (Å²) in [5.74, 6) is 0.956. The van der Waals surface area contributed by atoms with Gasteiger partial charge in [0.25, 0.3) is 0 Å². The number of sulfone groups is 1. The number of rotatable bonds is 23. The molecule has 6 N–H and O–H groups in total. The number of aliphatic hydroxyl groups is 2. The quantitative estimate of drug-likeness (QED) is 0.0335. The van der Waals surface area contributed by atoms with Gasteiger partial charge in [0, 0.05) is 39.0 Å². The SMILES string of the molecule is Cc1cc(Nc2ncc(Cl)c(Nc3ccccc3S(=O)(=O)C(C)C)n2)c(OC(C)C)cc1C1CCN(C(=O)CCCCCCC(=O)N[C@H](C(O)N2C[C@H](O)C[C@H]2C(=O)NCc2ccc(-c3scnc3C)cc2)C(C)(C)C)CC1. The molecule has 0 radical (unpaired) electrons. The number of piperidine rings is 1. The van der Waals surface area contributed by atoms with Crippen LogP contribution in [0.4, 0.5) is 23.1 Å². The Kier molecular flexibility index (Phi) is 20.4. The van der Waals surface area contributed by atoms with Gasteiger partial charge in [0.05, 0.1) is 68.1 Å². The van der Waals surface area contributed by atoms with Gasteiger partial charge in [-0.1, -0.05) is 81.6 Å². The zero-order valence-corrected chi connectivity index (χ0v) is 48.8. The Morgan fingerprint density at radius 2 is 1.60 bits per heavy atom. The molecular formula is C58H78ClN9O8S2. The van der Waals surface area contributed by atoms with E-state index in [1.54, 1.807) is 54.3 Å². The van der Waals surface area contributed by atoms with E-state index in [1.807, 2.05) is 82.3 Å². The van der Waals surface area contributed by atoms with Crippen LogP contribution < -0.4 is 26.0 Å². The number of unbranched alkanes of at least 4 members (excludes halogenated alkanes) is 3. The van der Waals surface area contributed by atoms with Crippen molar-refractivity contribution < 1.29 is 37.8 Å². The smallest absolute Gasteiger partial charge is 0.237 e. The molecule has 0 saturated carbocycles. The van der Waals surface area contributed by atoms with Crippen LogP contribution >= 0.6 is 22.9 Å². The first kappa shape index (κ1) is 60.0. The number of likely N-dealkylation sites (tertiary alicyclic amines) is 2. The minimum Gasteiger partial charge on any atom is -0.489 e. The number of hydrogen-bond acceptors (Lipinski definition) is 15. The van der Waals surface area contributed by atoms with E-state index in [9.17, 15) is 33.0 Å². The Morgan fingerprint density at radius 1 is 0.910 bits per heavy atom. The summed E-state index contributed by atoms with van der Waals surface area (Å²) in [6, 6.07) is 17.2. The second kappa shape index (κ2) is 26.5. The second-order valence-electron chi connectivity index (χ2n) is 22.3. The number of thiazole rings is 1. The largest absolute Gasteiger partial charge is 0.489 e. The van der Waals surface area contributed by atoms with Crippen molar-refractivity contribution in [3.8, 4) is 16.2 Å². The molecule has 2 aliphatic rings. The lowest BCUT2D eigenvalue weighted by Crippen LogP contribution is -2.60. The summed E-state index contributed by atoms with van der Waals surface area (Å²) in [7, 11) is -3.60. The second-order valence-corrected chi connectivity index (χ2v) is 26.0. The molecule has 20 heteroatoms. The van der Waals surface area contributed by atoms with E-state index in [4.69, 9.17) is 16.3 Å². The molecule has 2 fully saturated rings. The molecule has 4 atom stereocenters. The molecule has 3 aromatic carbocycles. The summed E-state index contributed by atoms with van der Waals surface area (Å²) in [5.41, 5.74) is 7.42. The Labute approximate surface area is 469 Å². The number of amides is 3. The first-order valence-electron chi connectivity index (χ1n) is 27.2. The number of aryl methyl sites for hydroxylation is 2. The first-order valence-corrected chi connectivity index (χ1v) is 30.0. The molecule has 0 bridgehead atoms. The highest BCUT2D eigenvalue weighted by Gasteiger charge is 2.45. The molecule has 422 valence electrons. The normalized spacial score (nSPS) is 17.3. The van der Waals surface area contributed by atoms with Crippen LogP contribution in [0.5, 0.6) is 5.75 Å². The number of β-amino-alcohol motifs (C(OH)–C–C–N with tert-alkyl or cyclic N) is 1. The predicted octanol–water partition coefficient (Wildman–Crippen LogP) is 9.97. The van der Waals surface area contributed by atoms with E-state index in [-0.39, 0.29) is 70.8 Å². The van der Waals surface area contributed by atoms with Crippen LogP contribution in [0.15, 0.2) is 77.3 Å². The van der Waals surface area contributed by atoms with E-state index in [0.29, 0.717) is 56.0 Å². The predicted molar refractivity (Wildman–Crippen MR) is 308 cm³/mol. The topological polar surface area (TPSA) is 228 Å². The number of halogens is 1. The maximum atomic E-state index is 13.6. The van der Waals surface area contributed by atoms with Crippen molar-refractivity contribution in [2.45, 2.75) is 173 Å². The molecule has 0 spiro atoms. The zero-order valence-electron chi connectivity index (χ0n) is 46.4. The van der Waals surface area contributed by atoms with Crippen molar-refractivity contribution in [3.05, 3.63) is 99.8 Å². The standard InChI is InChI=1S/C58H78ClN9O8S2/c1-35(2)76-48-30-43(37(5)28-46(48)64-57-61-32-44(59)54(66-57)63-45-16-14-15-17-49(45)78(74,75)36(3)4)40-24-26-67(27-25-40)51(71)19-13-11-10-12-18-50(70)65-53(58(7,8)9)56(73)68-33-42(69)29-47(68)55(72)60-31-39-20-22-41(23-21-39)52-38(6)62-34-77-52/h14-17,20-23,28,30,32,34-36,40,42,47,53,56,69,73H,10-13,18-19,24-27,29,31,33H2,1-9H3,(H,60,72)(H,65,70)(H2,61,63,64,66)/t42-,47+,53-,56?/m1/s1. The molecule has 0 aliphatic carbocycles. The molecule has 78 heavy (non-hydrogen) atoms. The van der Waals surface area contributed by atoms with Crippen LogP contribution in [-0.4, -0.2) is 117 Å². The number of aliphatic hydroxyl groups excluding tert-OH is 2. The molecular weight excluding hydrogens is 1050 g/mol. The molecule has 3 amide bonds. The van der Waals surface area contributed by atoms with E-state index in [0.717, 1.165) is 58.5 Å². The van der Waals surface area contributed by atoms with Gasteiger partial charge in [-0.2, -0.15) is 4.98 Å². The van der Waals surface area contributed by atoms with E-state index in [2.05, 4.69) is 49.2 Å². The Balaban J connectivity index is 0.852. The van der Waals surface area contributed by atoms with Crippen LogP contribution in [0.3, 0.4) is 0 Å². The number of benzene rings is 3. The van der Waals surface area contributed by atoms with Crippen LogP contribution in [0.25, 0.3) is 10.4 Å². The summed E-state index contributed by atoms with van der Waals surface area (Å²) in [4.78, 5) is 58.5. The Bertz CT molecular complexity index is 2980. The highest BCUT2D eigenvalue weighted by Crippen LogP contribution is 2.39. The maximum Gasteiger partial charge on any atom is 0.237 e.